The van der Waals surface area contributed by atoms with Crippen LogP contribution < -0.4 is 0 Å². The molecule has 3 fully saturated rings. The molecule has 1 saturated heterocycles. The maximum Gasteiger partial charge on any atom is 0.0847 e. The van der Waals surface area contributed by atoms with Crippen LogP contribution in [0.2, 0.25) is 0 Å². The van der Waals surface area contributed by atoms with Crippen molar-refractivity contribution in [2.75, 3.05) is 19.6 Å². The summed E-state index contributed by atoms with van der Waals surface area (Å²) in [6, 6.07) is 4.55. The van der Waals surface area contributed by atoms with Gasteiger partial charge in [0, 0.05) is 26.1 Å². The molecule has 4 nitrogen and oxygen atoms in total. The smallest absolute Gasteiger partial charge is 0.0847 e. The van der Waals surface area contributed by atoms with Gasteiger partial charge in [-0.1, -0.05) is 0 Å². The summed E-state index contributed by atoms with van der Waals surface area (Å²) in [6.07, 6.45) is 6.38. The molecule has 0 aromatic carbocycles. The first-order chi connectivity index (χ1) is 10.5. The fraction of sp³-hybridized carbons (Fsp3) is 0.889. The fourth-order valence-corrected chi connectivity index (χ4v) is 5.18. The van der Waals surface area contributed by atoms with Gasteiger partial charge >= 0.3 is 0 Å². The molecule has 0 amide bonds. The maximum atomic E-state index is 9.36. The number of hydrogen-bond donors (Lipinski definition) is 0. The molecule has 2 bridgehead atoms. The lowest BCUT2D eigenvalue weighted by Gasteiger charge is -2.52. The topological polar surface area (TPSA) is 60.0 Å². The van der Waals surface area contributed by atoms with E-state index in [-0.39, 0.29) is 17.1 Å². The Bertz CT molecular complexity index is 503. The number of hydrogen-bond acceptors (Lipinski definition) is 4. The highest BCUT2D eigenvalue weighted by atomic mass is 16.5. The fourth-order valence-electron chi connectivity index (χ4n) is 5.18. The van der Waals surface area contributed by atoms with Gasteiger partial charge in [-0.3, -0.25) is 4.90 Å². The third-order valence-electron chi connectivity index (χ3n) is 5.76. The molecule has 1 heterocycles. The normalized spacial score (nSPS) is 37.8. The van der Waals surface area contributed by atoms with Crippen LogP contribution in [0.25, 0.3) is 0 Å². The summed E-state index contributed by atoms with van der Waals surface area (Å²) >= 11 is 0. The molecular formula is C18H27N3O. The number of nitriles is 2. The summed E-state index contributed by atoms with van der Waals surface area (Å²) in [4.78, 5) is 2.44. The van der Waals surface area contributed by atoms with Crippen molar-refractivity contribution in [1.29, 1.82) is 10.5 Å². The van der Waals surface area contributed by atoms with E-state index in [0.717, 1.165) is 25.6 Å². The highest BCUT2D eigenvalue weighted by molar-refractivity contribution is 5.08. The van der Waals surface area contributed by atoms with Gasteiger partial charge in [0.25, 0.3) is 0 Å². The second-order valence-electron chi connectivity index (χ2n) is 8.20. The molecule has 0 radical (unpaired) electrons. The van der Waals surface area contributed by atoms with Gasteiger partial charge in [-0.15, -0.1) is 0 Å². The molecule has 4 heteroatoms. The van der Waals surface area contributed by atoms with Gasteiger partial charge in [-0.05, 0) is 57.8 Å². The number of rotatable bonds is 4. The molecule has 1 unspecified atom stereocenters. The largest absolute Gasteiger partial charge is 0.366 e. The molecule has 3 rings (SSSR count). The van der Waals surface area contributed by atoms with E-state index in [2.05, 4.69) is 30.9 Å². The summed E-state index contributed by atoms with van der Waals surface area (Å²) in [6.45, 7) is 7.01. The molecule has 22 heavy (non-hydrogen) atoms. The lowest BCUT2D eigenvalue weighted by atomic mass is 9.80. The third-order valence-corrected chi connectivity index (χ3v) is 5.76. The average Bonchev–Trinajstić information content (AvgIpc) is 3.01. The summed E-state index contributed by atoms with van der Waals surface area (Å²) in [5, 5.41) is 18.1. The van der Waals surface area contributed by atoms with Crippen LogP contribution in [0.1, 0.15) is 52.4 Å². The van der Waals surface area contributed by atoms with Crippen molar-refractivity contribution in [3.8, 4) is 12.1 Å². The second-order valence-corrected chi connectivity index (χ2v) is 8.20. The standard InChI is InChI=1S/C18H27N3O/c1-17(2)12-21(11-15(10-20)4-3-7-19)13-18(22-17)9-14-5-6-16(18)8-14/h14-16H,3-6,8-9,11-13H2,1-2H3/t14-,15?,16+,18+/m1/s1. The Hall–Kier alpha value is -1.10. The SMILES string of the molecule is CC1(C)CN(CC(C#N)CCC#N)C[C@]2(C[C@@H]3CC[C@H]2C3)O1. The van der Waals surface area contributed by atoms with Crippen LogP contribution in [0.4, 0.5) is 0 Å². The summed E-state index contributed by atoms with van der Waals surface area (Å²) < 4.78 is 6.61. The van der Waals surface area contributed by atoms with Gasteiger partial charge < -0.3 is 4.74 Å². The van der Waals surface area contributed by atoms with Gasteiger partial charge in [0.1, 0.15) is 0 Å². The Balaban J connectivity index is 1.70. The molecular weight excluding hydrogens is 274 g/mol. The number of fused-ring (bicyclic) bond motifs is 3. The van der Waals surface area contributed by atoms with Crippen LogP contribution in [0.15, 0.2) is 0 Å². The zero-order chi connectivity index (χ0) is 15.8. The van der Waals surface area contributed by atoms with Gasteiger partial charge in [0.15, 0.2) is 0 Å². The summed E-state index contributed by atoms with van der Waals surface area (Å²) in [5.74, 6) is 1.52. The third kappa shape index (κ3) is 3.00. The maximum absolute atomic E-state index is 9.36. The molecule has 2 saturated carbocycles. The Morgan fingerprint density at radius 2 is 2.09 bits per heavy atom. The highest BCUT2D eigenvalue weighted by Crippen LogP contribution is 2.55. The van der Waals surface area contributed by atoms with E-state index in [0.29, 0.717) is 18.8 Å². The van der Waals surface area contributed by atoms with Crippen molar-refractivity contribution in [2.45, 2.75) is 63.6 Å². The zero-order valence-electron chi connectivity index (χ0n) is 13.8. The van der Waals surface area contributed by atoms with E-state index in [9.17, 15) is 5.26 Å². The predicted molar refractivity (Wildman–Crippen MR) is 83.7 cm³/mol. The minimum Gasteiger partial charge on any atom is -0.366 e. The lowest BCUT2D eigenvalue weighted by Crippen LogP contribution is -2.62. The van der Waals surface area contributed by atoms with E-state index < -0.39 is 0 Å². The Morgan fingerprint density at radius 1 is 1.27 bits per heavy atom. The van der Waals surface area contributed by atoms with Crippen LogP contribution in [0.3, 0.4) is 0 Å². The highest BCUT2D eigenvalue weighted by Gasteiger charge is 2.56. The van der Waals surface area contributed by atoms with Crippen molar-refractivity contribution in [3.63, 3.8) is 0 Å². The Kier molecular flexibility index (Phi) is 4.19. The first-order valence-electron chi connectivity index (χ1n) is 8.65. The minimum atomic E-state index is -0.141. The van der Waals surface area contributed by atoms with Crippen molar-refractivity contribution >= 4 is 0 Å². The van der Waals surface area contributed by atoms with E-state index in [1.54, 1.807) is 0 Å². The van der Waals surface area contributed by atoms with Crippen molar-refractivity contribution in [3.05, 3.63) is 0 Å². The zero-order valence-corrected chi connectivity index (χ0v) is 13.8. The quantitative estimate of drug-likeness (QED) is 0.800. The lowest BCUT2D eigenvalue weighted by molar-refractivity contribution is -0.217. The predicted octanol–water partition coefficient (Wildman–Crippen LogP) is 3.10. The number of morpholine rings is 1. The molecule has 1 spiro atoms. The van der Waals surface area contributed by atoms with Crippen LogP contribution >= 0.6 is 0 Å². The molecule has 4 atom stereocenters. The van der Waals surface area contributed by atoms with Crippen molar-refractivity contribution in [2.24, 2.45) is 17.8 Å². The van der Waals surface area contributed by atoms with Gasteiger partial charge in [0.05, 0.1) is 29.3 Å². The average molecular weight is 301 g/mol. The number of nitrogens with zero attached hydrogens (tertiary/aromatic N) is 3. The van der Waals surface area contributed by atoms with E-state index in [1.807, 2.05) is 0 Å². The first kappa shape index (κ1) is 15.8. The molecule has 2 aliphatic carbocycles. The molecule has 0 aromatic heterocycles. The monoisotopic (exact) mass is 301 g/mol. The second kappa shape index (κ2) is 5.84. The minimum absolute atomic E-state index is 0.0277. The summed E-state index contributed by atoms with van der Waals surface area (Å²) in [7, 11) is 0. The molecule has 120 valence electrons. The van der Waals surface area contributed by atoms with Crippen LogP contribution in [-0.2, 0) is 4.74 Å². The van der Waals surface area contributed by atoms with Crippen molar-refractivity contribution < 1.29 is 4.74 Å². The summed E-state index contributed by atoms with van der Waals surface area (Å²) in [5.41, 5.74) is -0.113. The van der Waals surface area contributed by atoms with Crippen LogP contribution in [0.5, 0.6) is 0 Å². The van der Waals surface area contributed by atoms with E-state index in [1.165, 1.54) is 25.7 Å². The molecule has 1 aliphatic heterocycles. The van der Waals surface area contributed by atoms with Crippen LogP contribution in [0, 0.1) is 40.4 Å². The van der Waals surface area contributed by atoms with E-state index >= 15 is 0 Å². The van der Waals surface area contributed by atoms with Gasteiger partial charge in [-0.2, -0.15) is 10.5 Å². The van der Waals surface area contributed by atoms with Crippen molar-refractivity contribution in [1.82, 2.24) is 4.90 Å². The molecule has 0 N–H and O–H groups in total. The first-order valence-corrected chi connectivity index (χ1v) is 8.65. The van der Waals surface area contributed by atoms with Gasteiger partial charge in [0.2, 0.25) is 0 Å². The van der Waals surface area contributed by atoms with Crippen LogP contribution in [-0.4, -0.2) is 35.7 Å². The molecule has 0 aromatic rings. The molecule has 3 aliphatic rings. The van der Waals surface area contributed by atoms with E-state index in [4.69, 9.17) is 10.00 Å². The van der Waals surface area contributed by atoms with Gasteiger partial charge in [-0.25, -0.2) is 0 Å². The Labute approximate surface area is 134 Å². The Morgan fingerprint density at radius 3 is 2.68 bits per heavy atom. The number of ether oxygens (including phenoxy) is 1.